The second-order valence-electron chi connectivity index (χ2n) is 13.1. The molecule has 1 aliphatic heterocycles. The van der Waals surface area contributed by atoms with Crippen LogP contribution in [0, 0.1) is 5.92 Å². The lowest BCUT2D eigenvalue weighted by Crippen LogP contribution is -2.34. The summed E-state index contributed by atoms with van der Waals surface area (Å²) in [7, 11) is 0. The van der Waals surface area contributed by atoms with E-state index in [0.29, 0.717) is 23.6 Å². The molecule has 0 bridgehead atoms. The molecule has 2 heterocycles. The number of para-hydroxylation sites is 2. The second kappa shape index (κ2) is 14.8. The number of nitrogens with zero attached hydrogens (tertiary/aromatic N) is 2. The highest BCUT2D eigenvalue weighted by Gasteiger charge is 2.36. The zero-order valence-corrected chi connectivity index (χ0v) is 28.8. The summed E-state index contributed by atoms with van der Waals surface area (Å²) in [5, 5.41) is 2.53. The van der Waals surface area contributed by atoms with Crippen molar-refractivity contribution < 1.29 is 9.59 Å². The van der Waals surface area contributed by atoms with Crippen molar-refractivity contribution in [3.63, 3.8) is 0 Å². The first-order valence-electron chi connectivity index (χ1n) is 17.8. The van der Waals surface area contributed by atoms with Crippen LogP contribution in [0.25, 0.3) is 50.8 Å². The average Bonchev–Trinajstić information content (AvgIpc) is 3.62. The Morgan fingerprint density at radius 3 is 1.76 bits per heavy atom. The molecule has 4 nitrogen and oxygen atoms in total. The first-order valence-corrected chi connectivity index (χ1v) is 17.8. The van der Waals surface area contributed by atoms with Gasteiger partial charge in [0.05, 0.1) is 22.2 Å². The van der Waals surface area contributed by atoms with Crippen LogP contribution in [0.15, 0.2) is 140 Å². The number of carbonyl (C=O) groups is 2. The maximum atomic E-state index is 13.3. The summed E-state index contributed by atoms with van der Waals surface area (Å²) in [6.07, 6.45) is 16.6. The summed E-state index contributed by atoms with van der Waals surface area (Å²) in [4.78, 5) is 27.8. The molecular formula is C46H42N2O2. The Kier molecular flexibility index (Phi) is 9.70. The van der Waals surface area contributed by atoms with E-state index < -0.39 is 0 Å². The van der Waals surface area contributed by atoms with Crippen LogP contribution in [0.3, 0.4) is 0 Å². The molecule has 6 aromatic rings. The summed E-state index contributed by atoms with van der Waals surface area (Å²) < 4.78 is 2.33. The van der Waals surface area contributed by atoms with Gasteiger partial charge in [0.25, 0.3) is 11.8 Å². The number of benzene rings is 5. The van der Waals surface area contributed by atoms with Gasteiger partial charge >= 0.3 is 0 Å². The number of hydrogen-bond donors (Lipinski definition) is 0. The number of carbonyl (C=O) groups excluding carboxylic acids is 2. The maximum Gasteiger partial charge on any atom is 0.261 e. The molecule has 50 heavy (non-hydrogen) atoms. The fourth-order valence-electron chi connectivity index (χ4n) is 7.00. The van der Waals surface area contributed by atoms with E-state index in [9.17, 15) is 9.59 Å². The highest BCUT2D eigenvalue weighted by molar-refractivity contribution is 6.21. The molecule has 0 N–H and O–H groups in total. The van der Waals surface area contributed by atoms with E-state index in [4.69, 9.17) is 0 Å². The Morgan fingerprint density at radius 2 is 1.16 bits per heavy atom. The van der Waals surface area contributed by atoms with E-state index in [1.54, 1.807) is 0 Å². The number of unbranched alkanes of at least 4 members (excludes halogenated alkanes) is 1. The number of allylic oxidation sites excluding steroid dienone is 4. The molecule has 0 aliphatic carbocycles. The second-order valence-corrected chi connectivity index (χ2v) is 13.1. The third-order valence-electron chi connectivity index (χ3n) is 9.84. The molecule has 1 aliphatic rings. The minimum absolute atomic E-state index is 0.164. The molecule has 0 radical (unpaired) electrons. The van der Waals surface area contributed by atoms with Gasteiger partial charge in [0.15, 0.2) is 0 Å². The van der Waals surface area contributed by atoms with Crippen LogP contribution < -0.4 is 0 Å². The van der Waals surface area contributed by atoms with Gasteiger partial charge in [0.2, 0.25) is 0 Å². The lowest BCUT2D eigenvalue weighted by Gasteiger charge is -2.21. The Hall–Kier alpha value is -5.74. The Balaban J connectivity index is 0.966. The third kappa shape index (κ3) is 6.62. The van der Waals surface area contributed by atoms with E-state index in [-0.39, 0.29) is 11.8 Å². The molecule has 4 heteroatoms. The molecule has 0 saturated heterocycles. The number of fused-ring (bicyclic) bond motifs is 4. The van der Waals surface area contributed by atoms with Crippen molar-refractivity contribution >= 4 is 45.8 Å². The smallest absolute Gasteiger partial charge is 0.261 e. The highest BCUT2D eigenvalue weighted by atomic mass is 16.2. The number of aromatic nitrogens is 1. The lowest BCUT2D eigenvalue weighted by atomic mass is 9.99. The van der Waals surface area contributed by atoms with Gasteiger partial charge in [0.1, 0.15) is 0 Å². The third-order valence-corrected chi connectivity index (χ3v) is 9.84. The summed E-state index contributed by atoms with van der Waals surface area (Å²) in [6, 6.07) is 39.7. The average molecular weight is 655 g/mol. The largest absolute Gasteiger partial charge is 0.309 e. The predicted octanol–water partition coefficient (Wildman–Crippen LogP) is 11.5. The van der Waals surface area contributed by atoms with Crippen molar-refractivity contribution in [1.82, 2.24) is 9.47 Å². The molecule has 1 unspecified atom stereocenters. The quantitative estimate of drug-likeness (QED) is 0.0973. The normalized spacial score (nSPS) is 13.9. The number of amides is 2. The standard InChI is InChI=1S/C46H42N2O2/c1-3-5-14-33(4-2)32-47-45(49)41-30-27-37(31-42(41)46(47)50)36-25-21-34(22-26-36)15-8-6-7-9-16-35-23-28-38(29-24-35)48-43-19-12-10-17-39(43)40-18-11-13-20-44(40)48/h6-13,15-31,33H,3-5,14,32H2,1-2H3/b7-6+,15-8+,16-9+. The van der Waals surface area contributed by atoms with Crippen molar-refractivity contribution in [3.8, 4) is 16.8 Å². The number of rotatable bonds is 12. The van der Waals surface area contributed by atoms with Gasteiger partial charge in [-0.2, -0.15) is 0 Å². The Morgan fingerprint density at radius 1 is 0.600 bits per heavy atom. The van der Waals surface area contributed by atoms with Crippen molar-refractivity contribution in [2.75, 3.05) is 6.54 Å². The van der Waals surface area contributed by atoms with Crippen LogP contribution in [-0.4, -0.2) is 27.8 Å². The molecule has 5 aromatic carbocycles. The van der Waals surface area contributed by atoms with Gasteiger partial charge in [-0.3, -0.25) is 14.5 Å². The zero-order valence-electron chi connectivity index (χ0n) is 28.8. The lowest BCUT2D eigenvalue weighted by molar-refractivity contribution is 0.0624. The van der Waals surface area contributed by atoms with E-state index in [2.05, 4.69) is 134 Å². The van der Waals surface area contributed by atoms with Gasteiger partial charge in [-0.25, -0.2) is 0 Å². The van der Waals surface area contributed by atoms with E-state index >= 15 is 0 Å². The van der Waals surface area contributed by atoms with Crippen LogP contribution in [-0.2, 0) is 0 Å². The van der Waals surface area contributed by atoms with Crippen LogP contribution >= 0.6 is 0 Å². The molecule has 0 saturated carbocycles. The first-order chi connectivity index (χ1) is 24.6. The number of hydrogen-bond acceptors (Lipinski definition) is 2. The Labute approximate surface area is 294 Å². The van der Waals surface area contributed by atoms with Crippen molar-refractivity contribution in [1.29, 1.82) is 0 Å². The molecule has 2 amide bonds. The van der Waals surface area contributed by atoms with Crippen molar-refractivity contribution in [3.05, 3.63) is 162 Å². The van der Waals surface area contributed by atoms with Gasteiger partial charge in [-0.1, -0.05) is 148 Å². The highest BCUT2D eigenvalue weighted by Crippen LogP contribution is 2.32. The van der Waals surface area contributed by atoms with E-state index in [0.717, 1.165) is 53.6 Å². The molecule has 1 aromatic heterocycles. The summed E-state index contributed by atoms with van der Waals surface area (Å²) in [5.41, 5.74) is 8.77. The van der Waals surface area contributed by atoms with Crippen molar-refractivity contribution in [2.24, 2.45) is 5.92 Å². The van der Waals surface area contributed by atoms with E-state index in [1.165, 1.54) is 26.7 Å². The molecule has 7 rings (SSSR count). The topological polar surface area (TPSA) is 42.3 Å². The maximum absolute atomic E-state index is 13.3. The fraction of sp³-hybridized carbons (Fsp3) is 0.174. The summed E-state index contributed by atoms with van der Waals surface area (Å²) in [6.45, 7) is 4.81. The monoisotopic (exact) mass is 654 g/mol. The first kappa shape index (κ1) is 32.8. The van der Waals surface area contributed by atoms with Crippen molar-refractivity contribution in [2.45, 2.75) is 39.5 Å². The van der Waals surface area contributed by atoms with Gasteiger partial charge < -0.3 is 4.57 Å². The van der Waals surface area contributed by atoms with Crippen LogP contribution in [0.1, 0.15) is 71.4 Å². The number of imide groups is 1. The van der Waals surface area contributed by atoms with Gasteiger partial charge in [-0.05, 0) is 71.0 Å². The van der Waals surface area contributed by atoms with Crippen LogP contribution in [0.5, 0.6) is 0 Å². The minimum atomic E-state index is -0.168. The van der Waals surface area contributed by atoms with Gasteiger partial charge in [-0.15, -0.1) is 0 Å². The Bertz CT molecular complexity index is 2200. The van der Waals surface area contributed by atoms with E-state index in [1.807, 2.05) is 36.4 Å². The minimum Gasteiger partial charge on any atom is -0.309 e. The molecule has 0 fully saturated rings. The van der Waals surface area contributed by atoms with Crippen LogP contribution in [0.4, 0.5) is 0 Å². The fourth-order valence-corrected chi connectivity index (χ4v) is 7.00. The summed E-state index contributed by atoms with van der Waals surface area (Å²) >= 11 is 0. The molecule has 1 atom stereocenters. The SMILES string of the molecule is CCCCC(CC)CN1C(=O)c2ccc(-c3ccc(/C=C/C=C/C=C/c4ccc(-n5c6ccccc6c6ccccc65)cc4)cc3)cc2C1=O. The molecule has 0 spiro atoms. The van der Waals surface area contributed by atoms with Crippen LogP contribution in [0.2, 0.25) is 0 Å². The predicted molar refractivity (Wildman–Crippen MR) is 209 cm³/mol. The summed E-state index contributed by atoms with van der Waals surface area (Å²) in [5.74, 6) is 0.0151. The molecular weight excluding hydrogens is 613 g/mol. The van der Waals surface area contributed by atoms with Gasteiger partial charge in [0, 0.05) is 23.0 Å². The molecule has 248 valence electrons. The zero-order chi connectivity index (χ0) is 34.5.